The highest BCUT2D eigenvalue weighted by Gasteiger charge is 2.23. The van der Waals surface area contributed by atoms with Gasteiger partial charge in [0.25, 0.3) is 0 Å². The minimum atomic E-state index is -0.957. The van der Waals surface area contributed by atoms with Crippen LogP contribution < -0.4 is 0 Å². The number of hydrogen-bond acceptors (Lipinski definition) is 3. The van der Waals surface area contributed by atoms with E-state index in [-0.39, 0.29) is 5.12 Å². The molecule has 0 aliphatic carbocycles. The van der Waals surface area contributed by atoms with E-state index < -0.39 is 11.2 Å². The van der Waals surface area contributed by atoms with E-state index in [1.807, 2.05) is 60.7 Å². The van der Waals surface area contributed by atoms with Crippen LogP contribution in [0.25, 0.3) is 11.1 Å². The average molecular weight is 376 g/mol. The average Bonchev–Trinajstić information content (AvgIpc) is 2.72. The van der Waals surface area contributed by atoms with Crippen LogP contribution in [0.5, 0.6) is 0 Å². The Morgan fingerprint density at radius 2 is 1.41 bits per heavy atom. The van der Waals surface area contributed by atoms with E-state index in [2.05, 4.69) is 0 Å². The van der Waals surface area contributed by atoms with Gasteiger partial charge < -0.3 is 5.11 Å². The normalized spacial score (nSPS) is 11.7. The first kappa shape index (κ1) is 18.9. The molecule has 4 heteroatoms. The fourth-order valence-corrected chi connectivity index (χ4v) is 3.80. The first-order valence-corrected chi connectivity index (χ1v) is 9.65. The van der Waals surface area contributed by atoms with Crippen LogP contribution in [0, 0.1) is 0 Å². The molecule has 0 aliphatic rings. The van der Waals surface area contributed by atoms with Crippen molar-refractivity contribution in [3.05, 3.63) is 96.1 Å². The highest BCUT2D eigenvalue weighted by atomic mass is 32.2. The zero-order valence-electron chi connectivity index (χ0n) is 14.7. The molecular formula is C23H20O3S. The number of carbonyl (C=O) groups is 2. The molecule has 3 aromatic rings. The van der Waals surface area contributed by atoms with Gasteiger partial charge in [-0.25, -0.2) is 0 Å². The summed E-state index contributed by atoms with van der Waals surface area (Å²) in [6.45, 7) is 0. The highest BCUT2D eigenvalue weighted by molar-refractivity contribution is 8.15. The Hall–Kier alpha value is -2.85. The van der Waals surface area contributed by atoms with Crippen LogP contribution in [0.1, 0.15) is 22.3 Å². The Morgan fingerprint density at radius 3 is 2.07 bits per heavy atom. The quantitative estimate of drug-likeness (QED) is 0.607. The monoisotopic (exact) mass is 376 g/mol. The van der Waals surface area contributed by atoms with Gasteiger partial charge in [-0.05, 0) is 29.5 Å². The maximum atomic E-state index is 12.4. The van der Waals surface area contributed by atoms with E-state index in [0.29, 0.717) is 18.4 Å². The molecule has 1 N–H and O–H groups in total. The Bertz CT molecular complexity index is 907. The van der Waals surface area contributed by atoms with E-state index in [9.17, 15) is 14.7 Å². The second-order valence-corrected chi connectivity index (χ2v) is 7.34. The van der Waals surface area contributed by atoms with Crippen molar-refractivity contribution in [2.45, 2.75) is 18.1 Å². The summed E-state index contributed by atoms with van der Waals surface area (Å²) >= 11 is 0.888. The van der Waals surface area contributed by atoms with Crippen LogP contribution in [0.15, 0.2) is 84.9 Å². The molecule has 0 saturated carbocycles. The second kappa shape index (κ2) is 9.19. The summed E-state index contributed by atoms with van der Waals surface area (Å²) in [5.74, 6) is -0.957. The Balaban J connectivity index is 1.72. The molecule has 0 bridgehead atoms. The van der Waals surface area contributed by atoms with Gasteiger partial charge in [0.1, 0.15) is 5.25 Å². The van der Waals surface area contributed by atoms with Crippen molar-refractivity contribution in [3.63, 3.8) is 0 Å². The van der Waals surface area contributed by atoms with Gasteiger partial charge in [0.05, 0.1) is 0 Å². The summed E-state index contributed by atoms with van der Waals surface area (Å²) in [5, 5.41) is 8.58. The molecule has 0 saturated heterocycles. The van der Waals surface area contributed by atoms with Gasteiger partial charge in [-0.1, -0.05) is 96.7 Å². The van der Waals surface area contributed by atoms with Crippen LogP contribution in [0.2, 0.25) is 0 Å². The maximum Gasteiger partial charge on any atom is 0.317 e. The molecule has 0 aromatic heterocycles. The molecule has 27 heavy (non-hydrogen) atoms. The Kier molecular flexibility index (Phi) is 6.44. The molecule has 1 unspecified atom stereocenters. The number of rotatable bonds is 7. The van der Waals surface area contributed by atoms with Gasteiger partial charge in [0, 0.05) is 5.56 Å². The summed E-state index contributed by atoms with van der Waals surface area (Å²) in [6, 6.07) is 26.8. The van der Waals surface area contributed by atoms with Crippen LogP contribution in [-0.2, 0) is 11.2 Å². The lowest BCUT2D eigenvalue weighted by Gasteiger charge is -2.14. The molecule has 1 atom stereocenters. The van der Waals surface area contributed by atoms with E-state index in [0.717, 1.165) is 28.5 Å². The van der Waals surface area contributed by atoms with Gasteiger partial charge in [0.15, 0.2) is 0 Å². The molecule has 3 rings (SSSR count). The van der Waals surface area contributed by atoms with Crippen molar-refractivity contribution in [3.8, 4) is 11.1 Å². The predicted octanol–water partition coefficient (Wildman–Crippen LogP) is 5.31. The summed E-state index contributed by atoms with van der Waals surface area (Å²) in [7, 11) is 0. The first-order valence-electron chi connectivity index (χ1n) is 8.77. The van der Waals surface area contributed by atoms with Crippen molar-refractivity contribution in [1.82, 2.24) is 0 Å². The standard InChI is InChI=1S/C23H20O3S/c24-22(25)21(27-23(26)19-12-5-2-6-13-19)16-15-18-11-7-8-14-20(18)17-9-3-1-4-10-17/h1-14,21H,15-16H2,(H,24,25). The second-order valence-electron chi connectivity index (χ2n) is 6.16. The van der Waals surface area contributed by atoms with E-state index in [1.54, 1.807) is 24.3 Å². The van der Waals surface area contributed by atoms with Gasteiger partial charge in [-0.3, -0.25) is 9.59 Å². The highest BCUT2D eigenvalue weighted by Crippen LogP contribution is 2.27. The molecule has 0 heterocycles. The maximum absolute atomic E-state index is 12.4. The summed E-state index contributed by atoms with van der Waals surface area (Å²) < 4.78 is 0. The van der Waals surface area contributed by atoms with Crippen molar-refractivity contribution in [2.24, 2.45) is 0 Å². The molecule has 0 spiro atoms. The van der Waals surface area contributed by atoms with Crippen LogP contribution >= 0.6 is 11.8 Å². The molecule has 0 aliphatic heterocycles. The van der Waals surface area contributed by atoms with Crippen molar-refractivity contribution in [1.29, 1.82) is 0 Å². The number of benzene rings is 3. The number of carboxylic acids is 1. The third-order valence-electron chi connectivity index (χ3n) is 4.31. The SMILES string of the molecule is O=C(SC(CCc1ccccc1-c1ccccc1)C(=O)O)c1ccccc1. The summed E-state index contributed by atoms with van der Waals surface area (Å²) in [5.41, 5.74) is 3.82. The van der Waals surface area contributed by atoms with Gasteiger partial charge in [0.2, 0.25) is 5.12 Å². The first-order chi connectivity index (χ1) is 13.1. The summed E-state index contributed by atoms with van der Waals surface area (Å²) in [4.78, 5) is 24.0. The number of aliphatic carboxylic acids is 1. The lowest BCUT2D eigenvalue weighted by Crippen LogP contribution is -2.19. The van der Waals surface area contributed by atoms with Crippen LogP contribution in [-0.4, -0.2) is 21.4 Å². The van der Waals surface area contributed by atoms with E-state index >= 15 is 0 Å². The fraction of sp³-hybridized carbons (Fsp3) is 0.130. The van der Waals surface area contributed by atoms with Crippen LogP contribution in [0.4, 0.5) is 0 Å². The van der Waals surface area contributed by atoms with Crippen molar-refractivity contribution in [2.75, 3.05) is 0 Å². The molecule has 3 nitrogen and oxygen atoms in total. The van der Waals surface area contributed by atoms with Crippen molar-refractivity contribution < 1.29 is 14.7 Å². The zero-order chi connectivity index (χ0) is 19.1. The smallest absolute Gasteiger partial charge is 0.317 e. The number of thioether (sulfide) groups is 1. The lowest BCUT2D eigenvalue weighted by molar-refractivity contribution is -0.136. The third-order valence-corrected chi connectivity index (χ3v) is 5.48. The topological polar surface area (TPSA) is 54.4 Å². The number of aryl methyl sites for hydroxylation is 1. The molecular weight excluding hydrogens is 356 g/mol. The van der Waals surface area contributed by atoms with E-state index in [1.165, 1.54) is 0 Å². The molecule has 0 radical (unpaired) electrons. The third kappa shape index (κ3) is 5.08. The van der Waals surface area contributed by atoms with Crippen LogP contribution in [0.3, 0.4) is 0 Å². The van der Waals surface area contributed by atoms with Gasteiger partial charge in [-0.2, -0.15) is 0 Å². The Morgan fingerprint density at radius 1 is 0.815 bits per heavy atom. The van der Waals surface area contributed by atoms with Gasteiger partial charge in [-0.15, -0.1) is 0 Å². The predicted molar refractivity (Wildman–Crippen MR) is 110 cm³/mol. The lowest BCUT2D eigenvalue weighted by atomic mass is 9.96. The minimum absolute atomic E-state index is 0.209. The van der Waals surface area contributed by atoms with Crippen molar-refractivity contribution >= 4 is 22.8 Å². The van der Waals surface area contributed by atoms with Gasteiger partial charge >= 0.3 is 5.97 Å². The molecule has 136 valence electrons. The zero-order valence-corrected chi connectivity index (χ0v) is 15.6. The molecule has 0 amide bonds. The van der Waals surface area contributed by atoms with E-state index in [4.69, 9.17) is 0 Å². The Labute approximate surface area is 163 Å². The fourth-order valence-electron chi connectivity index (χ4n) is 2.93. The molecule has 3 aromatic carbocycles. The molecule has 0 fully saturated rings. The summed E-state index contributed by atoms with van der Waals surface area (Å²) in [6.07, 6.45) is 0.986. The number of carboxylic acid groups (broad SMARTS) is 1. The minimum Gasteiger partial charge on any atom is -0.480 e. The number of carbonyl (C=O) groups excluding carboxylic acids is 1. The largest absolute Gasteiger partial charge is 0.480 e. The number of hydrogen-bond donors (Lipinski definition) is 1.